The van der Waals surface area contributed by atoms with Gasteiger partial charge in [0.2, 0.25) is 0 Å². The number of ether oxygens (including phenoxy) is 1. The van der Waals surface area contributed by atoms with E-state index in [0.29, 0.717) is 28.0 Å². The van der Waals surface area contributed by atoms with Crippen molar-refractivity contribution in [2.75, 3.05) is 12.9 Å². The van der Waals surface area contributed by atoms with Crippen LogP contribution in [0.1, 0.15) is 24.2 Å². The van der Waals surface area contributed by atoms with Crippen LogP contribution in [-0.2, 0) is 0 Å². The highest BCUT2D eigenvalue weighted by atomic mass is 35.5. The largest absolute Gasteiger partial charge is 0.492 e. The summed E-state index contributed by atoms with van der Waals surface area (Å²) in [5.41, 5.74) is 1.39. The van der Waals surface area contributed by atoms with Crippen LogP contribution < -0.4 is 4.74 Å². The predicted molar refractivity (Wildman–Crippen MR) is 89.9 cm³/mol. The minimum absolute atomic E-state index is 0.436. The second kappa shape index (κ2) is 7.41. The molecule has 112 valence electrons. The molecule has 0 aliphatic rings. The highest BCUT2D eigenvalue weighted by Crippen LogP contribution is 2.38. The smallest absolute Gasteiger partial charge is 0.139 e. The van der Waals surface area contributed by atoms with Crippen molar-refractivity contribution in [3.8, 4) is 5.75 Å². The van der Waals surface area contributed by atoms with Crippen molar-refractivity contribution in [1.82, 2.24) is 0 Å². The monoisotopic (exact) mass is 342 g/mol. The van der Waals surface area contributed by atoms with Crippen LogP contribution in [0.2, 0.25) is 10.0 Å². The van der Waals surface area contributed by atoms with Crippen LogP contribution in [0.3, 0.4) is 0 Å². The minimum atomic E-state index is -0.825. The second-order valence-corrected chi connectivity index (χ2v) is 6.04. The molecular weight excluding hydrogens is 327 g/mol. The van der Waals surface area contributed by atoms with Gasteiger partial charge in [0.1, 0.15) is 11.9 Å². The van der Waals surface area contributed by atoms with Crippen LogP contribution in [0.25, 0.3) is 0 Å². The Bertz CT molecular complexity index is 632. The lowest BCUT2D eigenvalue weighted by atomic mass is 10.0. The zero-order valence-electron chi connectivity index (χ0n) is 11.8. The third-order valence-electron chi connectivity index (χ3n) is 3.08. The fourth-order valence-corrected chi connectivity index (χ4v) is 3.19. The third-order valence-corrected chi connectivity index (χ3v) is 4.51. The van der Waals surface area contributed by atoms with E-state index in [0.717, 1.165) is 10.5 Å². The van der Waals surface area contributed by atoms with E-state index < -0.39 is 6.10 Å². The molecule has 0 radical (unpaired) electrons. The Kier molecular flexibility index (Phi) is 5.82. The van der Waals surface area contributed by atoms with E-state index in [1.165, 1.54) is 0 Å². The molecule has 0 heterocycles. The summed E-state index contributed by atoms with van der Waals surface area (Å²) >= 11 is 14.0. The van der Waals surface area contributed by atoms with Crippen LogP contribution >= 0.6 is 35.0 Å². The van der Waals surface area contributed by atoms with E-state index >= 15 is 0 Å². The van der Waals surface area contributed by atoms with Gasteiger partial charge in [-0.1, -0.05) is 41.4 Å². The number of hydrogen-bond donors (Lipinski definition) is 1. The molecule has 0 fully saturated rings. The van der Waals surface area contributed by atoms with Gasteiger partial charge in [-0.05, 0) is 30.9 Å². The maximum absolute atomic E-state index is 10.6. The van der Waals surface area contributed by atoms with E-state index in [2.05, 4.69) is 0 Å². The highest BCUT2D eigenvalue weighted by molar-refractivity contribution is 7.98. The normalized spacial score (nSPS) is 12.2. The summed E-state index contributed by atoms with van der Waals surface area (Å²) in [7, 11) is 0. The summed E-state index contributed by atoms with van der Waals surface area (Å²) in [4.78, 5) is 1.01. The minimum Gasteiger partial charge on any atom is -0.492 e. The lowest BCUT2D eigenvalue weighted by Gasteiger charge is -2.17. The van der Waals surface area contributed by atoms with Crippen LogP contribution in [0, 0.1) is 0 Å². The van der Waals surface area contributed by atoms with Crippen molar-refractivity contribution in [3.63, 3.8) is 0 Å². The molecule has 5 heteroatoms. The van der Waals surface area contributed by atoms with Crippen LogP contribution in [0.5, 0.6) is 5.75 Å². The molecule has 21 heavy (non-hydrogen) atoms. The molecule has 1 unspecified atom stereocenters. The average molecular weight is 343 g/mol. The molecule has 0 saturated heterocycles. The van der Waals surface area contributed by atoms with Crippen molar-refractivity contribution >= 4 is 35.0 Å². The SMILES string of the molecule is CCOc1cc(Cl)c(C(O)c2ccccc2SC)cc1Cl. The summed E-state index contributed by atoms with van der Waals surface area (Å²) < 4.78 is 5.40. The quantitative estimate of drug-likeness (QED) is 0.757. The standard InChI is InChI=1S/C16H16Cl2O2S/c1-3-20-14-9-12(17)11(8-13(14)18)16(19)10-6-4-5-7-15(10)21-2/h4-9,16,19H,3H2,1-2H3. The summed E-state index contributed by atoms with van der Waals surface area (Å²) in [6.45, 7) is 2.38. The molecule has 0 bridgehead atoms. The fraction of sp³-hybridized carbons (Fsp3) is 0.250. The van der Waals surface area contributed by atoms with E-state index in [-0.39, 0.29) is 0 Å². The zero-order chi connectivity index (χ0) is 15.4. The van der Waals surface area contributed by atoms with Crippen molar-refractivity contribution in [2.24, 2.45) is 0 Å². The van der Waals surface area contributed by atoms with Gasteiger partial charge in [-0.15, -0.1) is 11.8 Å². The molecule has 2 rings (SSSR count). The highest BCUT2D eigenvalue weighted by Gasteiger charge is 2.19. The predicted octanol–water partition coefficient (Wildman–Crippen LogP) is 5.20. The molecule has 0 aliphatic heterocycles. The van der Waals surface area contributed by atoms with Crippen molar-refractivity contribution in [3.05, 3.63) is 57.6 Å². The Balaban J connectivity index is 2.44. The second-order valence-electron chi connectivity index (χ2n) is 4.38. The van der Waals surface area contributed by atoms with Gasteiger partial charge in [-0.25, -0.2) is 0 Å². The Morgan fingerprint density at radius 1 is 1.14 bits per heavy atom. The lowest BCUT2D eigenvalue weighted by molar-refractivity contribution is 0.217. The molecule has 0 aliphatic carbocycles. The van der Waals surface area contributed by atoms with Crippen LogP contribution in [-0.4, -0.2) is 18.0 Å². The summed E-state index contributed by atoms with van der Waals surface area (Å²) in [6, 6.07) is 11.0. The molecule has 0 spiro atoms. The van der Waals surface area contributed by atoms with Gasteiger partial charge in [0, 0.05) is 16.5 Å². The van der Waals surface area contributed by atoms with Gasteiger partial charge in [0.25, 0.3) is 0 Å². The van der Waals surface area contributed by atoms with Gasteiger partial charge in [-0.2, -0.15) is 0 Å². The molecule has 2 nitrogen and oxygen atoms in total. The van der Waals surface area contributed by atoms with Crippen molar-refractivity contribution in [1.29, 1.82) is 0 Å². The van der Waals surface area contributed by atoms with E-state index in [9.17, 15) is 5.11 Å². The Morgan fingerprint density at radius 2 is 1.86 bits per heavy atom. The molecule has 0 saturated carbocycles. The molecule has 0 aromatic heterocycles. The first-order valence-corrected chi connectivity index (χ1v) is 8.49. The first-order valence-electron chi connectivity index (χ1n) is 6.51. The molecule has 0 amide bonds. The van der Waals surface area contributed by atoms with E-state index in [4.69, 9.17) is 27.9 Å². The van der Waals surface area contributed by atoms with E-state index in [1.807, 2.05) is 37.4 Å². The Labute approximate surface area is 139 Å². The zero-order valence-corrected chi connectivity index (χ0v) is 14.1. The lowest BCUT2D eigenvalue weighted by Crippen LogP contribution is -2.03. The topological polar surface area (TPSA) is 29.5 Å². The first-order chi connectivity index (χ1) is 10.1. The van der Waals surface area contributed by atoms with Gasteiger partial charge in [0.05, 0.1) is 16.7 Å². The van der Waals surface area contributed by atoms with Crippen LogP contribution in [0.15, 0.2) is 41.3 Å². The van der Waals surface area contributed by atoms with Gasteiger partial charge in [0.15, 0.2) is 0 Å². The van der Waals surface area contributed by atoms with Gasteiger partial charge >= 0.3 is 0 Å². The van der Waals surface area contributed by atoms with Crippen molar-refractivity contribution in [2.45, 2.75) is 17.9 Å². The summed E-state index contributed by atoms with van der Waals surface area (Å²) in [5, 5.41) is 11.5. The summed E-state index contributed by atoms with van der Waals surface area (Å²) in [6.07, 6.45) is 1.15. The first kappa shape index (κ1) is 16.5. The molecule has 1 atom stereocenters. The van der Waals surface area contributed by atoms with Gasteiger partial charge < -0.3 is 9.84 Å². The number of rotatable bonds is 5. The van der Waals surface area contributed by atoms with E-state index in [1.54, 1.807) is 23.9 Å². The number of aliphatic hydroxyl groups excluding tert-OH is 1. The maximum atomic E-state index is 10.6. The molecule has 1 N–H and O–H groups in total. The molecule has 2 aromatic carbocycles. The molecule has 2 aromatic rings. The number of benzene rings is 2. The summed E-state index contributed by atoms with van der Waals surface area (Å²) in [5.74, 6) is 0.526. The third kappa shape index (κ3) is 3.67. The van der Waals surface area contributed by atoms with Crippen LogP contribution in [0.4, 0.5) is 0 Å². The van der Waals surface area contributed by atoms with Gasteiger partial charge in [-0.3, -0.25) is 0 Å². The Morgan fingerprint density at radius 3 is 2.52 bits per heavy atom. The maximum Gasteiger partial charge on any atom is 0.139 e. The Hall–Kier alpha value is -0.870. The van der Waals surface area contributed by atoms with Crippen molar-refractivity contribution < 1.29 is 9.84 Å². The number of hydrogen-bond acceptors (Lipinski definition) is 3. The number of halogens is 2. The number of aliphatic hydroxyl groups is 1. The number of thioether (sulfide) groups is 1. The molecular formula is C16H16Cl2O2S. The fourth-order valence-electron chi connectivity index (χ4n) is 2.08. The average Bonchev–Trinajstić information content (AvgIpc) is 2.50.